The summed E-state index contributed by atoms with van der Waals surface area (Å²) in [5.41, 5.74) is 1.68. The molecule has 0 aliphatic heterocycles. The Morgan fingerprint density at radius 1 is 1.28 bits per heavy atom. The van der Waals surface area contributed by atoms with Gasteiger partial charge in [-0.1, -0.05) is 11.8 Å². The van der Waals surface area contributed by atoms with E-state index in [0.29, 0.717) is 12.6 Å². The molecule has 0 radical (unpaired) electrons. The normalized spacial score (nSPS) is 14.4. The number of benzene rings is 1. The number of rotatable bonds is 8. The first-order valence-corrected chi connectivity index (χ1v) is 10.6. The smallest absolute Gasteiger partial charge is 0.237 e. The van der Waals surface area contributed by atoms with Crippen molar-refractivity contribution in [3.63, 3.8) is 0 Å². The lowest BCUT2D eigenvalue weighted by atomic mass is 10.3. The molecule has 0 bridgehead atoms. The fourth-order valence-electron chi connectivity index (χ4n) is 2.97. The second-order valence-corrected chi connectivity index (χ2v) is 8.16. The van der Waals surface area contributed by atoms with Crippen molar-refractivity contribution >= 4 is 23.4 Å². The Balaban J connectivity index is 1.46. The molecule has 1 amide bonds. The van der Waals surface area contributed by atoms with Crippen LogP contribution in [0.5, 0.6) is 5.75 Å². The minimum absolute atomic E-state index is 0.0764. The van der Waals surface area contributed by atoms with E-state index in [9.17, 15) is 4.79 Å². The van der Waals surface area contributed by atoms with E-state index in [1.54, 1.807) is 12.4 Å². The molecule has 1 saturated carbocycles. The number of anilines is 1. The summed E-state index contributed by atoms with van der Waals surface area (Å²) in [6.07, 6.45) is 5.74. The van der Waals surface area contributed by atoms with Crippen LogP contribution in [0.25, 0.3) is 11.4 Å². The lowest BCUT2D eigenvalue weighted by Gasteiger charge is -2.13. The number of hydrogen-bond donors (Lipinski definition) is 1. The average Bonchev–Trinajstić information content (AvgIpc) is 3.50. The molecular formula is C21H23N5O2S. The van der Waals surface area contributed by atoms with Crippen LogP contribution in [-0.4, -0.2) is 37.5 Å². The average molecular weight is 410 g/mol. The summed E-state index contributed by atoms with van der Waals surface area (Å²) in [6.45, 7) is 4.43. The highest BCUT2D eigenvalue weighted by atomic mass is 32.2. The molecule has 1 N–H and O–H groups in total. The van der Waals surface area contributed by atoms with Crippen LogP contribution in [0.15, 0.2) is 53.9 Å². The number of nitrogens with zero attached hydrogens (tertiary/aromatic N) is 4. The molecular weight excluding hydrogens is 386 g/mol. The van der Waals surface area contributed by atoms with Gasteiger partial charge in [-0.2, -0.15) is 0 Å². The van der Waals surface area contributed by atoms with Crippen LogP contribution in [0.4, 0.5) is 5.69 Å². The van der Waals surface area contributed by atoms with Gasteiger partial charge in [0.15, 0.2) is 11.0 Å². The van der Waals surface area contributed by atoms with E-state index in [-0.39, 0.29) is 11.2 Å². The molecule has 0 unspecified atom stereocenters. The molecule has 29 heavy (non-hydrogen) atoms. The fourth-order valence-corrected chi connectivity index (χ4v) is 3.89. The Hall–Kier alpha value is -2.87. The van der Waals surface area contributed by atoms with Gasteiger partial charge in [0.25, 0.3) is 0 Å². The van der Waals surface area contributed by atoms with Crippen molar-refractivity contribution in [2.24, 2.45) is 0 Å². The summed E-state index contributed by atoms with van der Waals surface area (Å²) in [6, 6.07) is 11.6. The number of ether oxygens (including phenoxy) is 1. The van der Waals surface area contributed by atoms with Gasteiger partial charge in [0.2, 0.25) is 5.91 Å². The number of amides is 1. The first-order valence-electron chi connectivity index (χ1n) is 9.71. The Morgan fingerprint density at radius 2 is 2.07 bits per heavy atom. The number of pyridine rings is 1. The van der Waals surface area contributed by atoms with Crippen LogP contribution < -0.4 is 10.1 Å². The first kappa shape index (κ1) is 19.4. The van der Waals surface area contributed by atoms with Crippen molar-refractivity contribution in [2.45, 2.75) is 43.1 Å². The van der Waals surface area contributed by atoms with E-state index < -0.39 is 0 Å². The highest BCUT2D eigenvalue weighted by molar-refractivity contribution is 8.00. The van der Waals surface area contributed by atoms with Gasteiger partial charge in [0, 0.05) is 29.7 Å². The standard InChI is InChI=1S/C21H23N5O2S/c1-3-28-18-10-6-16(7-11-18)23-20(27)14(2)29-21-25-24-19(26(21)17-8-9-17)15-5-4-12-22-13-15/h4-7,10-14,17H,3,8-9H2,1-2H3,(H,23,27)/t14-/m1/s1. The second-order valence-electron chi connectivity index (χ2n) is 6.86. The number of aromatic nitrogens is 4. The predicted molar refractivity (Wildman–Crippen MR) is 113 cm³/mol. The summed E-state index contributed by atoms with van der Waals surface area (Å²) in [5, 5.41) is 12.1. The topological polar surface area (TPSA) is 81.9 Å². The van der Waals surface area contributed by atoms with E-state index in [4.69, 9.17) is 4.74 Å². The second kappa shape index (κ2) is 8.65. The third-order valence-corrected chi connectivity index (χ3v) is 5.64. The quantitative estimate of drug-likeness (QED) is 0.562. The number of hydrogen-bond acceptors (Lipinski definition) is 6. The monoisotopic (exact) mass is 409 g/mol. The Kier molecular flexibility index (Phi) is 5.80. The molecule has 2 aromatic heterocycles. The number of nitrogens with one attached hydrogen (secondary N) is 1. The maximum absolute atomic E-state index is 12.7. The van der Waals surface area contributed by atoms with Crippen molar-refractivity contribution in [3.8, 4) is 17.1 Å². The molecule has 3 aromatic rings. The molecule has 1 aliphatic rings. The maximum Gasteiger partial charge on any atom is 0.237 e. The van der Waals surface area contributed by atoms with Crippen LogP contribution in [-0.2, 0) is 4.79 Å². The summed E-state index contributed by atoms with van der Waals surface area (Å²) in [4.78, 5) is 16.9. The lowest BCUT2D eigenvalue weighted by Crippen LogP contribution is -2.22. The summed E-state index contributed by atoms with van der Waals surface area (Å²) >= 11 is 1.42. The van der Waals surface area contributed by atoms with Crippen LogP contribution in [0.2, 0.25) is 0 Å². The zero-order valence-corrected chi connectivity index (χ0v) is 17.2. The Bertz CT molecular complexity index is 970. The van der Waals surface area contributed by atoms with Crippen molar-refractivity contribution in [1.82, 2.24) is 19.7 Å². The summed E-state index contributed by atoms with van der Waals surface area (Å²) in [5.74, 6) is 1.52. The van der Waals surface area contributed by atoms with Crippen molar-refractivity contribution in [3.05, 3.63) is 48.8 Å². The van der Waals surface area contributed by atoms with Gasteiger partial charge in [-0.15, -0.1) is 10.2 Å². The third-order valence-electron chi connectivity index (χ3n) is 4.58. The molecule has 7 nitrogen and oxygen atoms in total. The van der Waals surface area contributed by atoms with Gasteiger partial charge < -0.3 is 10.1 Å². The fraction of sp³-hybridized carbons (Fsp3) is 0.333. The van der Waals surface area contributed by atoms with Crippen LogP contribution >= 0.6 is 11.8 Å². The van der Waals surface area contributed by atoms with Gasteiger partial charge in [-0.3, -0.25) is 14.3 Å². The van der Waals surface area contributed by atoms with Crippen molar-refractivity contribution in [2.75, 3.05) is 11.9 Å². The minimum atomic E-state index is -0.315. The van der Waals surface area contributed by atoms with Gasteiger partial charge in [-0.05, 0) is 63.1 Å². The molecule has 1 aromatic carbocycles. The van der Waals surface area contributed by atoms with E-state index in [0.717, 1.165) is 40.8 Å². The van der Waals surface area contributed by atoms with Crippen molar-refractivity contribution < 1.29 is 9.53 Å². The number of thioether (sulfide) groups is 1. The van der Waals surface area contributed by atoms with E-state index in [2.05, 4.69) is 25.1 Å². The molecule has 2 heterocycles. The van der Waals surface area contributed by atoms with E-state index >= 15 is 0 Å². The molecule has 0 saturated heterocycles. The van der Waals surface area contributed by atoms with E-state index in [1.165, 1.54) is 11.8 Å². The van der Waals surface area contributed by atoms with Crippen LogP contribution in [0.1, 0.15) is 32.7 Å². The molecule has 4 rings (SSSR count). The van der Waals surface area contributed by atoms with Gasteiger partial charge in [-0.25, -0.2) is 0 Å². The van der Waals surface area contributed by atoms with Gasteiger partial charge in [0.1, 0.15) is 5.75 Å². The molecule has 1 atom stereocenters. The van der Waals surface area contributed by atoms with Crippen LogP contribution in [0, 0.1) is 0 Å². The Labute approximate surface area is 173 Å². The molecule has 150 valence electrons. The number of carbonyl (C=O) groups is 1. The molecule has 1 fully saturated rings. The zero-order valence-electron chi connectivity index (χ0n) is 16.4. The predicted octanol–water partition coefficient (Wildman–Crippen LogP) is 4.19. The first-order chi connectivity index (χ1) is 14.2. The highest BCUT2D eigenvalue weighted by Crippen LogP contribution is 2.41. The lowest BCUT2D eigenvalue weighted by molar-refractivity contribution is -0.115. The molecule has 8 heteroatoms. The van der Waals surface area contributed by atoms with Crippen LogP contribution in [0.3, 0.4) is 0 Å². The molecule has 0 spiro atoms. The summed E-state index contributed by atoms with van der Waals surface area (Å²) in [7, 11) is 0. The van der Waals surface area contributed by atoms with Crippen molar-refractivity contribution in [1.29, 1.82) is 0 Å². The highest BCUT2D eigenvalue weighted by Gasteiger charge is 2.31. The molecule has 1 aliphatic carbocycles. The summed E-state index contributed by atoms with van der Waals surface area (Å²) < 4.78 is 7.57. The van der Waals surface area contributed by atoms with E-state index in [1.807, 2.05) is 50.2 Å². The maximum atomic E-state index is 12.7. The van der Waals surface area contributed by atoms with Gasteiger partial charge >= 0.3 is 0 Å². The third kappa shape index (κ3) is 4.59. The number of carbonyl (C=O) groups excluding carboxylic acids is 1. The Morgan fingerprint density at radius 3 is 2.72 bits per heavy atom. The zero-order chi connectivity index (χ0) is 20.2. The SMILES string of the molecule is CCOc1ccc(NC(=O)[C@@H](C)Sc2nnc(-c3cccnc3)n2C2CC2)cc1. The minimum Gasteiger partial charge on any atom is -0.494 e. The largest absolute Gasteiger partial charge is 0.494 e. The van der Waals surface area contributed by atoms with Gasteiger partial charge in [0.05, 0.1) is 11.9 Å².